The number of pyridine rings is 1. The van der Waals surface area contributed by atoms with Gasteiger partial charge in [0.05, 0.1) is 11.7 Å². The third-order valence-corrected chi connectivity index (χ3v) is 6.87. The highest BCUT2D eigenvalue weighted by molar-refractivity contribution is 5.42. The van der Waals surface area contributed by atoms with Gasteiger partial charge in [-0.05, 0) is 69.0 Å². The highest BCUT2D eigenvalue weighted by Crippen LogP contribution is 2.43. The molecule has 0 amide bonds. The van der Waals surface area contributed by atoms with Gasteiger partial charge in [-0.25, -0.2) is 4.98 Å². The quantitative estimate of drug-likeness (QED) is 0.845. The zero-order chi connectivity index (χ0) is 19.1. The van der Waals surface area contributed by atoms with Crippen molar-refractivity contribution >= 4 is 5.82 Å². The van der Waals surface area contributed by atoms with Crippen molar-refractivity contribution in [2.24, 2.45) is 5.41 Å². The number of aromatic nitrogens is 1. The first kappa shape index (κ1) is 19.0. The third-order valence-electron chi connectivity index (χ3n) is 6.87. The smallest absolute Gasteiger partial charge is 0.393 e. The fraction of sp³-hybridized carbons (Fsp3) is 0.750. The fourth-order valence-electron chi connectivity index (χ4n) is 5.09. The predicted octanol–water partition coefficient (Wildman–Crippen LogP) is 3.70. The van der Waals surface area contributed by atoms with Crippen LogP contribution in [-0.4, -0.2) is 53.3 Å². The lowest BCUT2D eigenvalue weighted by molar-refractivity contribution is -0.137. The van der Waals surface area contributed by atoms with Gasteiger partial charge < -0.3 is 10.0 Å². The Bertz CT molecular complexity index is 650. The lowest BCUT2D eigenvalue weighted by atomic mass is 9.77. The zero-order valence-electron chi connectivity index (χ0n) is 15.6. The largest absolute Gasteiger partial charge is 0.416 e. The van der Waals surface area contributed by atoms with Gasteiger partial charge in [0.2, 0.25) is 0 Å². The van der Waals surface area contributed by atoms with Crippen LogP contribution in [0.5, 0.6) is 0 Å². The van der Waals surface area contributed by atoms with Gasteiger partial charge in [0.15, 0.2) is 0 Å². The van der Waals surface area contributed by atoms with Gasteiger partial charge in [-0.3, -0.25) is 4.90 Å². The molecule has 27 heavy (non-hydrogen) atoms. The van der Waals surface area contributed by atoms with Crippen molar-refractivity contribution in [3.05, 3.63) is 23.9 Å². The lowest BCUT2D eigenvalue weighted by Crippen LogP contribution is -2.44. The van der Waals surface area contributed by atoms with Crippen LogP contribution in [-0.2, 0) is 6.18 Å². The molecule has 1 aromatic rings. The van der Waals surface area contributed by atoms with Gasteiger partial charge in [0.25, 0.3) is 0 Å². The van der Waals surface area contributed by atoms with E-state index in [0.29, 0.717) is 17.3 Å². The molecule has 1 saturated carbocycles. The van der Waals surface area contributed by atoms with Crippen LogP contribution in [0.25, 0.3) is 0 Å². The molecule has 3 fully saturated rings. The van der Waals surface area contributed by atoms with Crippen LogP contribution in [0.4, 0.5) is 19.0 Å². The summed E-state index contributed by atoms with van der Waals surface area (Å²) < 4.78 is 38.9. The molecule has 0 atom stereocenters. The molecule has 0 radical (unpaired) electrons. The van der Waals surface area contributed by atoms with Crippen LogP contribution >= 0.6 is 0 Å². The number of halogens is 3. The Morgan fingerprint density at radius 2 is 1.70 bits per heavy atom. The Hall–Kier alpha value is -1.34. The number of piperidine rings is 1. The molecule has 3 aliphatic rings. The van der Waals surface area contributed by atoms with Gasteiger partial charge in [-0.2, -0.15) is 13.2 Å². The average molecular weight is 383 g/mol. The summed E-state index contributed by atoms with van der Waals surface area (Å²) in [6, 6.07) is 2.80. The van der Waals surface area contributed by atoms with Crippen molar-refractivity contribution in [2.75, 3.05) is 31.1 Å². The van der Waals surface area contributed by atoms with Crippen LogP contribution < -0.4 is 4.90 Å². The predicted molar refractivity (Wildman–Crippen MR) is 97.6 cm³/mol. The molecule has 4 nitrogen and oxygen atoms in total. The molecule has 2 saturated heterocycles. The molecule has 0 unspecified atom stereocenters. The number of likely N-dealkylation sites (tertiary alicyclic amines) is 1. The SMILES string of the molecule is OC1CCC(N2CCC3(CCN(c4cc(C(F)(F)F)ccn4)CC3)C2)CC1. The number of rotatable bonds is 2. The Kier molecular flexibility index (Phi) is 5.10. The van der Waals surface area contributed by atoms with Crippen molar-refractivity contribution in [1.29, 1.82) is 0 Å². The van der Waals surface area contributed by atoms with Gasteiger partial charge >= 0.3 is 6.18 Å². The second kappa shape index (κ2) is 7.24. The molecule has 0 aromatic carbocycles. The van der Waals surface area contributed by atoms with Crippen molar-refractivity contribution < 1.29 is 18.3 Å². The van der Waals surface area contributed by atoms with Gasteiger partial charge in [-0.1, -0.05) is 0 Å². The van der Waals surface area contributed by atoms with E-state index >= 15 is 0 Å². The number of alkyl halides is 3. The molecule has 1 spiro atoms. The number of hydrogen-bond acceptors (Lipinski definition) is 4. The Balaban J connectivity index is 1.35. The van der Waals surface area contributed by atoms with E-state index in [2.05, 4.69) is 9.88 Å². The van der Waals surface area contributed by atoms with Gasteiger partial charge in [-0.15, -0.1) is 0 Å². The van der Waals surface area contributed by atoms with E-state index in [9.17, 15) is 18.3 Å². The number of aliphatic hydroxyl groups excluding tert-OH is 1. The van der Waals surface area contributed by atoms with Gasteiger partial charge in [0.1, 0.15) is 5.82 Å². The minimum Gasteiger partial charge on any atom is -0.393 e. The molecule has 4 rings (SSSR count). The molecule has 2 aliphatic heterocycles. The van der Waals surface area contributed by atoms with Crippen LogP contribution in [0, 0.1) is 5.41 Å². The summed E-state index contributed by atoms with van der Waals surface area (Å²) in [5.41, 5.74) is -0.326. The second-order valence-electron chi connectivity index (χ2n) is 8.57. The molecular weight excluding hydrogens is 355 g/mol. The van der Waals surface area contributed by atoms with E-state index in [1.54, 1.807) is 0 Å². The van der Waals surface area contributed by atoms with E-state index in [0.717, 1.165) is 70.8 Å². The molecule has 7 heteroatoms. The summed E-state index contributed by atoms with van der Waals surface area (Å²) in [5, 5.41) is 9.72. The summed E-state index contributed by atoms with van der Waals surface area (Å²) in [6.45, 7) is 3.75. The molecule has 1 aromatic heterocycles. The van der Waals surface area contributed by atoms with Crippen molar-refractivity contribution in [2.45, 2.75) is 63.3 Å². The molecular formula is C20H28F3N3O. The first-order chi connectivity index (χ1) is 12.8. The monoisotopic (exact) mass is 383 g/mol. The van der Waals surface area contributed by atoms with E-state index in [1.165, 1.54) is 18.7 Å². The van der Waals surface area contributed by atoms with Crippen molar-refractivity contribution in [1.82, 2.24) is 9.88 Å². The highest BCUT2D eigenvalue weighted by Gasteiger charge is 2.43. The van der Waals surface area contributed by atoms with Gasteiger partial charge in [0, 0.05) is 31.9 Å². The molecule has 3 heterocycles. The van der Waals surface area contributed by atoms with Crippen molar-refractivity contribution in [3.63, 3.8) is 0 Å². The Labute approximate surface area is 158 Å². The van der Waals surface area contributed by atoms with Crippen molar-refractivity contribution in [3.8, 4) is 0 Å². The molecule has 0 bridgehead atoms. The maximum absolute atomic E-state index is 13.0. The maximum Gasteiger partial charge on any atom is 0.416 e. The minimum absolute atomic E-state index is 0.124. The molecule has 1 aliphatic carbocycles. The minimum atomic E-state index is -4.33. The summed E-state index contributed by atoms with van der Waals surface area (Å²) in [7, 11) is 0. The number of anilines is 1. The van der Waals surface area contributed by atoms with E-state index in [4.69, 9.17) is 0 Å². The standard InChI is InChI=1S/C20H28F3N3O/c21-20(22,23)15-5-9-24-18(13-15)25-10-6-19(7-11-25)8-12-26(14-19)16-1-3-17(27)4-2-16/h5,9,13,16-17,27H,1-4,6-8,10-12,14H2. The second-order valence-corrected chi connectivity index (χ2v) is 8.57. The topological polar surface area (TPSA) is 39.6 Å². The number of aliphatic hydroxyl groups is 1. The van der Waals surface area contributed by atoms with Crippen LogP contribution in [0.3, 0.4) is 0 Å². The van der Waals surface area contributed by atoms with Crippen LogP contribution in [0.1, 0.15) is 50.5 Å². The number of hydrogen-bond donors (Lipinski definition) is 1. The molecule has 1 N–H and O–H groups in total. The summed E-state index contributed by atoms with van der Waals surface area (Å²) >= 11 is 0. The van der Waals surface area contributed by atoms with E-state index in [1.807, 2.05) is 4.90 Å². The van der Waals surface area contributed by atoms with Crippen LogP contribution in [0.15, 0.2) is 18.3 Å². The summed E-state index contributed by atoms with van der Waals surface area (Å²) in [4.78, 5) is 8.78. The maximum atomic E-state index is 13.0. The summed E-state index contributed by atoms with van der Waals surface area (Å²) in [5.74, 6) is 0.441. The van der Waals surface area contributed by atoms with Crippen LogP contribution in [0.2, 0.25) is 0 Å². The number of nitrogens with zero attached hydrogens (tertiary/aromatic N) is 3. The Morgan fingerprint density at radius 1 is 1.04 bits per heavy atom. The van der Waals surface area contributed by atoms with E-state index in [-0.39, 0.29) is 6.10 Å². The molecule has 150 valence electrons. The fourth-order valence-corrected chi connectivity index (χ4v) is 5.09. The zero-order valence-corrected chi connectivity index (χ0v) is 15.6. The first-order valence-corrected chi connectivity index (χ1v) is 10.1. The highest BCUT2D eigenvalue weighted by atomic mass is 19.4. The first-order valence-electron chi connectivity index (χ1n) is 10.1. The van der Waals surface area contributed by atoms with E-state index < -0.39 is 11.7 Å². The average Bonchev–Trinajstić information content (AvgIpc) is 3.06. The third kappa shape index (κ3) is 4.09. The lowest BCUT2D eigenvalue weighted by Gasteiger charge is -2.41. The Morgan fingerprint density at radius 3 is 2.37 bits per heavy atom. The normalized spacial score (nSPS) is 29.4. The summed E-state index contributed by atoms with van der Waals surface area (Å²) in [6.07, 6.45) is 3.98.